The highest BCUT2D eigenvalue weighted by molar-refractivity contribution is 7.99. The van der Waals surface area contributed by atoms with E-state index in [0.717, 1.165) is 24.3 Å². The van der Waals surface area contributed by atoms with Gasteiger partial charge in [-0.25, -0.2) is 13.2 Å². The normalized spacial score (nSPS) is 10.5. The van der Waals surface area contributed by atoms with Gasteiger partial charge in [0.1, 0.15) is 0 Å². The molecule has 134 valence electrons. The standard InChI is InChI=1S/C16H21F3N2O2S/c1-3-7-21(14(23)10-24-8-4-2)9-13(22)20-12-6-5-11(17)15(18)16(12)19/h5-6H,3-4,7-10H2,1-2H3,(H,20,22). The molecule has 4 nitrogen and oxygen atoms in total. The van der Waals surface area contributed by atoms with Crippen molar-refractivity contribution in [2.75, 3.05) is 29.9 Å². The van der Waals surface area contributed by atoms with Crippen molar-refractivity contribution in [1.29, 1.82) is 0 Å². The average Bonchev–Trinajstić information content (AvgIpc) is 2.55. The van der Waals surface area contributed by atoms with Crippen LogP contribution in [0, 0.1) is 17.5 Å². The zero-order valence-corrected chi connectivity index (χ0v) is 14.5. The molecule has 1 rings (SSSR count). The van der Waals surface area contributed by atoms with E-state index in [1.165, 1.54) is 16.7 Å². The molecule has 0 spiro atoms. The van der Waals surface area contributed by atoms with Crippen LogP contribution in [-0.2, 0) is 9.59 Å². The minimum Gasteiger partial charge on any atom is -0.333 e. The van der Waals surface area contributed by atoms with E-state index in [9.17, 15) is 22.8 Å². The third kappa shape index (κ3) is 6.07. The van der Waals surface area contributed by atoms with Crippen LogP contribution < -0.4 is 5.32 Å². The third-order valence-electron chi connectivity index (χ3n) is 3.06. The first-order valence-electron chi connectivity index (χ1n) is 7.69. The molecule has 0 saturated heterocycles. The van der Waals surface area contributed by atoms with Crippen LogP contribution in [0.5, 0.6) is 0 Å². The van der Waals surface area contributed by atoms with Crippen LogP contribution in [0.1, 0.15) is 26.7 Å². The number of hydrogen-bond donors (Lipinski definition) is 1. The Bertz CT molecular complexity index is 585. The van der Waals surface area contributed by atoms with E-state index in [2.05, 4.69) is 5.32 Å². The molecule has 0 aliphatic carbocycles. The number of carbonyl (C=O) groups excluding carboxylic acids is 2. The molecule has 0 bridgehead atoms. The number of amides is 2. The van der Waals surface area contributed by atoms with Crippen LogP contribution >= 0.6 is 11.8 Å². The predicted octanol–water partition coefficient (Wildman–Crippen LogP) is 3.42. The van der Waals surface area contributed by atoms with Crippen LogP contribution in [0.3, 0.4) is 0 Å². The van der Waals surface area contributed by atoms with Gasteiger partial charge in [0.25, 0.3) is 0 Å². The lowest BCUT2D eigenvalue weighted by molar-refractivity contribution is -0.132. The Morgan fingerprint density at radius 1 is 1.12 bits per heavy atom. The zero-order chi connectivity index (χ0) is 18.1. The molecular formula is C16H21F3N2O2S. The summed E-state index contributed by atoms with van der Waals surface area (Å²) in [7, 11) is 0. The number of nitrogens with zero attached hydrogens (tertiary/aromatic N) is 1. The average molecular weight is 362 g/mol. The van der Waals surface area contributed by atoms with Crippen molar-refractivity contribution in [3.8, 4) is 0 Å². The molecule has 1 N–H and O–H groups in total. The van der Waals surface area contributed by atoms with Crippen LogP contribution in [0.25, 0.3) is 0 Å². The fourth-order valence-corrected chi connectivity index (χ4v) is 2.73. The molecule has 0 aliphatic rings. The minimum absolute atomic E-state index is 0.184. The summed E-state index contributed by atoms with van der Waals surface area (Å²) >= 11 is 1.48. The molecular weight excluding hydrogens is 341 g/mol. The Labute approximate surface area is 143 Å². The largest absolute Gasteiger partial charge is 0.333 e. The number of carbonyl (C=O) groups is 2. The molecule has 24 heavy (non-hydrogen) atoms. The monoisotopic (exact) mass is 362 g/mol. The Balaban J connectivity index is 2.68. The van der Waals surface area contributed by atoms with E-state index < -0.39 is 29.0 Å². The molecule has 0 atom stereocenters. The van der Waals surface area contributed by atoms with Gasteiger partial charge in [-0.2, -0.15) is 11.8 Å². The molecule has 0 saturated carbocycles. The highest BCUT2D eigenvalue weighted by Gasteiger charge is 2.19. The van der Waals surface area contributed by atoms with Gasteiger partial charge in [-0.15, -0.1) is 0 Å². The van der Waals surface area contributed by atoms with Crippen molar-refractivity contribution in [3.63, 3.8) is 0 Å². The number of rotatable bonds is 9. The maximum Gasteiger partial charge on any atom is 0.244 e. The number of anilines is 1. The van der Waals surface area contributed by atoms with E-state index >= 15 is 0 Å². The number of hydrogen-bond acceptors (Lipinski definition) is 3. The van der Waals surface area contributed by atoms with Crippen molar-refractivity contribution in [3.05, 3.63) is 29.6 Å². The molecule has 0 heterocycles. The lowest BCUT2D eigenvalue weighted by Crippen LogP contribution is -2.39. The molecule has 0 radical (unpaired) electrons. The summed E-state index contributed by atoms with van der Waals surface area (Å²) in [6.45, 7) is 3.99. The SMILES string of the molecule is CCCSCC(=O)N(CCC)CC(=O)Nc1ccc(F)c(F)c1F. The predicted molar refractivity (Wildman–Crippen MR) is 89.4 cm³/mol. The second-order valence-electron chi connectivity index (χ2n) is 5.14. The van der Waals surface area contributed by atoms with Gasteiger partial charge in [0.15, 0.2) is 17.5 Å². The summed E-state index contributed by atoms with van der Waals surface area (Å²) in [5.74, 6) is -4.18. The van der Waals surface area contributed by atoms with E-state index in [4.69, 9.17) is 0 Å². The lowest BCUT2D eigenvalue weighted by Gasteiger charge is -2.21. The molecule has 0 aromatic heterocycles. The lowest BCUT2D eigenvalue weighted by atomic mass is 10.2. The van der Waals surface area contributed by atoms with E-state index in [0.29, 0.717) is 13.0 Å². The molecule has 0 aliphatic heterocycles. The second kappa shape index (κ2) is 10.2. The molecule has 0 unspecified atom stereocenters. The maximum atomic E-state index is 13.6. The van der Waals surface area contributed by atoms with Gasteiger partial charge >= 0.3 is 0 Å². The maximum absolute atomic E-state index is 13.6. The van der Waals surface area contributed by atoms with Crippen LogP contribution in [-0.4, -0.2) is 41.3 Å². The summed E-state index contributed by atoms with van der Waals surface area (Å²) in [4.78, 5) is 25.5. The summed E-state index contributed by atoms with van der Waals surface area (Å²) in [6, 6.07) is 1.67. The summed E-state index contributed by atoms with van der Waals surface area (Å²) in [5.41, 5.74) is -0.455. The van der Waals surface area contributed by atoms with Crippen molar-refractivity contribution in [1.82, 2.24) is 4.90 Å². The quantitative estimate of drug-likeness (QED) is 0.541. The van der Waals surface area contributed by atoms with Gasteiger partial charge in [-0.3, -0.25) is 9.59 Å². The fraction of sp³-hybridized carbons (Fsp3) is 0.500. The molecule has 8 heteroatoms. The topological polar surface area (TPSA) is 49.4 Å². The fourth-order valence-electron chi connectivity index (χ4n) is 1.94. The van der Waals surface area contributed by atoms with Gasteiger partial charge in [0.05, 0.1) is 18.0 Å². The summed E-state index contributed by atoms with van der Waals surface area (Å²) in [6.07, 6.45) is 1.61. The third-order valence-corrected chi connectivity index (χ3v) is 4.21. The van der Waals surface area contributed by atoms with Gasteiger partial charge in [0, 0.05) is 6.54 Å². The Morgan fingerprint density at radius 2 is 1.83 bits per heavy atom. The smallest absolute Gasteiger partial charge is 0.244 e. The Kier molecular flexibility index (Phi) is 8.67. The van der Waals surface area contributed by atoms with Crippen molar-refractivity contribution in [2.24, 2.45) is 0 Å². The first kappa shape index (κ1) is 20.3. The number of nitrogens with one attached hydrogen (secondary N) is 1. The highest BCUT2D eigenvalue weighted by Crippen LogP contribution is 2.19. The van der Waals surface area contributed by atoms with E-state index in [1.54, 1.807) is 0 Å². The van der Waals surface area contributed by atoms with Crippen LogP contribution in [0.4, 0.5) is 18.9 Å². The van der Waals surface area contributed by atoms with E-state index in [1.807, 2.05) is 13.8 Å². The molecule has 2 amide bonds. The van der Waals surface area contributed by atoms with Crippen molar-refractivity contribution in [2.45, 2.75) is 26.7 Å². The molecule has 1 aromatic rings. The van der Waals surface area contributed by atoms with Crippen molar-refractivity contribution < 1.29 is 22.8 Å². The highest BCUT2D eigenvalue weighted by atomic mass is 32.2. The van der Waals surface area contributed by atoms with Gasteiger partial charge < -0.3 is 10.2 Å². The van der Waals surface area contributed by atoms with Gasteiger partial charge in [-0.1, -0.05) is 13.8 Å². The number of halogens is 3. The summed E-state index contributed by atoms with van der Waals surface area (Å²) < 4.78 is 39.6. The Morgan fingerprint density at radius 3 is 2.46 bits per heavy atom. The number of benzene rings is 1. The van der Waals surface area contributed by atoms with Crippen LogP contribution in [0.15, 0.2) is 12.1 Å². The molecule has 0 fully saturated rings. The zero-order valence-electron chi connectivity index (χ0n) is 13.7. The van der Waals surface area contributed by atoms with E-state index in [-0.39, 0.29) is 18.2 Å². The van der Waals surface area contributed by atoms with Crippen molar-refractivity contribution >= 4 is 29.3 Å². The number of thioether (sulfide) groups is 1. The minimum atomic E-state index is -1.65. The summed E-state index contributed by atoms with van der Waals surface area (Å²) in [5, 5.41) is 2.17. The Hall–Kier alpha value is -1.70. The van der Waals surface area contributed by atoms with Gasteiger partial charge in [-0.05, 0) is 30.7 Å². The van der Waals surface area contributed by atoms with Crippen LogP contribution in [0.2, 0.25) is 0 Å². The molecule has 1 aromatic carbocycles. The first-order chi connectivity index (χ1) is 11.4. The van der Waals surface area contributed by atoms with Gasteiger partial charge in [0.2, 0.25) is 11.8 Å². The second-order valence-corrected chi connectivity index (χ2v) is 6.24. The first-order valence-corrected chi connectivity index (χ1v) is 8.85.